The fourth-order valence-corrected chi connectivity index (χ4v) is 2.75. The topological polar surface area (TPSA) is 90.2 Å². The van der Waals surface area contributed by atoms with Crippen LogP contribution in [-0.4, -0.2) is 40.7 Å². The summed E-state index contributed by atoms with van der Waals surface area (Å²) in [6.07, 6.45) is 2.05. The Kier molecular flexibility index (Phi) is 3.35. The number of anilines is 1. The van der Waals surface area contributed by atoms with E-state index in [2.05, 4.69) is 5.10 Å². The molecule has 0 spiro atoms. The number of primary amides is 1. The van der Waals surface area contributed by atoms with Crippen molar-refractivity contribution in [2.45, 2.75) is 43.7 Å². The van der Waals surface area contributed by atoms with E-state index in [-0.39, 0.29) is 18.2 Å². The maximum Gasteiger partial charge on any atom is 0.269 e. The van der Waals surface area contributed by atoms with Crippen LogP contribution in [0.2, 0.25) is 0 Å². The largest absolute Gasteiger partial charge is 0.364 e. The second kappa shape index (κ2) is 4.94. The third-order valence-corrected chi connectivity index (χ3v) is 3.94. The van der Waals surface area contributed by atoms with E-state index < -0.39 is 24.4 Å². The molecule has 3 rings (SSSR count). The Hall–Kier alpha value is -1.70. The molecule has 1 saturated carbocycles. The van der Waals surface area contributed by atoms with Gasteiger partial charge in [0.05, 0.1) is 12.6 Å². The fraction of sp³-hybridized carbons (Fsp3) is 0.692. The normalized spacial score (nSPS) is 25.7. The van der Waals surface area contributed by atoms with Crippen molar-refractivity contribution in [3.05, 3.63) is 11.8 Å². The summed E-state index contributed by atoms with van der Waals surface area (Å²) in [5.41, 5.74) is 11.1. The number of halogens is 2. The summed E-state index contributed by atoms with van der Waals surface area (Å²) >= 11 is 0. The average Bonchev–Trinajstić information content (AvgIpc) is 3.13. The van der Waals surface area contributed by atoms with Crippen molar-refractivity contribution in [2.24, 2.45) is 11.5 Å². The van der Waals surface area contributed by atoms with Gasteiger partial charge in [0.2, 0.25) is 0 Å². The van der Waals surface area contributed by atoms with Crippen LogP contribution in [0.3, 0.4) is 0 Å². The number of nitrogens with zero attached hydrogens (tertiary/aromatic N) is 3. The summed E-state index contributed by atoms with van der Waals surface area (Å²) in [6.45, 7) is 0.0185. The van der Waals surface area contributed by atoms with Gasteiger partial charge < -0.3 is 16.4 Å². The summed E-state index contributed by atoms with van der Waals surface area (Å²) in [5.74, 6) is -2.95. The highest BCUT2D eigenvalue weighted by atomic mass is 19.3. The summed E-state index contributed by atoms with van der Waals surface area (Å²) < 4.78 is 29.5. The second-order valence-corrected chi connectivity index (χ2v) is 5.96. The van der Waals surface area contributed by atoms with Crippen molar-refractivity contribution in [1.29, 1.82) is 0 Å². The van der Waals surface area contributed by atoms with E-state index in [1.807, 2.05) is 0 Å². The lowest BCUT2D eigenvalue weighted by Gasteiger charge is -2.26. The number of rotatable bonds is 3. The number of amides is 1. The van der Waals surface area contributed by atoms with Crippen LogP contribution in [0.4, 0.5) is 14.6 Å². The minimum absolute atomic E-state index is 0.119. The van der Waals surface area contributed by atoms with Crippen LogP contribution in [0.5, 0.6) is 0 Å². The molecule has 4 N–H and O–H groups in total. The van der Waals surface area contributed by atoms with Gasteiger partial charge in [0.15, 0.2) is 5.69 Å². The Bertz CT molecular complexity index is 555. The molecule has 116 valence electrons. The van der Waals surface area contributed by atoms with E-state index in [9.17, 15) is 13.6 Å². The summed E-state index contributed by atoms with van der Waals surface area (Å²) in [5, 5.41) is 4.17. The van der Waals surface area contributed by atoms with Gasteiger partial charge in [-0.25, -0.2) is 13.5 Å². The van der Waals surface area contributed by atoms with Crippen LogP contribution >= 0.6 is 0 Å². The van der Waals surface area contributed by atoms with Crippen LogP contribution in [0.1, 0.15) is 42.2 Å². The number of carbonyl (C=O) groups is 1. The van der Waals surface area contributed by atoms with E-state index in [1.165, 1.54) is 6.07 Å². The molecule has 2 fully saturated rings. The van der Waals surface area contributed by atoms with Gasteiger partial charge in [-0.3, -0.25) is 4.79 Å². The van der Waals surface area contributed by atoms with Gasteiger partial charge >= 0.3 is 0 Å². The molecule has 1 aromatic rings. The Morgan fingerprint density at radius 1 is 1.38 bits per heavy atom. The molecule has 1 aliphatic heterocycles. The molecule has 21 heavy (non-hydrogen) atoms. The first-order chi connectivity index (χ1) is 9.85. The number of hydrogen-bond donors (Lipinski definition) is 2. The lowest BCUT2D eigenvalue weighted by atomic mass is 10.1. The summed E-state index contributed by atoms with van der Waals surface area (Å²) in [6, 6.07) is 1.17. The van der Waals surface area contributed by atoms with Crippen molar-refractivity contribution >= 4 is 11.7 Å². The van der Waals surface area contributed by atoms with E-state index in [0.717, 1.165) is 12.8 Å². The first-order valence-corrected chi connectivity index (χ1v) is 7.13. The van der Waals surface area contributed by atoms with Crippen LogP contribution in [0, 0.1) is 0 Å². The second-order valence-electron chi connectivity index (χ2n) is 5.96. The standard InChI is InChI=1S/C13H19F2N5O/c14-13(15)6-8(16)3-4-19(7-13)11-5-10(12(17)21)18-20(11)9-1-2-9/h5,8-9H,1-4,6-7,16H2,(H2,17,21). The maximum absolute atomic E-state index is 13.9. The number of nitrogens with two attached hydrogens (primary N) is 2. The molecule has 1 saturated heterocycles. The highest BCUT2D eigenvalue weighted by Gasteiger charge is 2.39. The van der Waals surface area contributed by atoms with Crippen LogP contribution in [0.25, 0.3) is 0 Å². The molecular formula is C13H19F2N5O. The highest BCUT2D eigenvalue weighted by Crippen LogP contribution is 2.39. The van der Waals surface area contributed by atoms with Gasteiger partial charge in [-0.05, 0) is 19.3 Å². The summed E-state index contributed by atoms with van der Waals surface area (Å²) in [4.78, 5) is 12.9. The van der Waals surface area contributed by atoms with Crippen LogP contribution in [0.15, 0.2) is 6.07 Å². The number of alkyl halides is 2. The molecule has 1 aliphatic carbocycles. The zero-order valence-corrected chi connectivity index (χ0v) is 11.6. The fourth-order valence-electron chi connectivity index (χ4n) is 2.75. The molecule has 6 nitrogen and oxygen atoms in total. The third-order valence-electron chi connectivity index (χ3n) is 3.94. The molecule has 2 aliphatic rings. The number of hydrogen-bond acceptors (Lipinski definition) is 4. The molecule has 0 aromatic carbocycles. The molecule has 8 heteroatoms. The Morgan fingerprint density at radius 2 is 2.10 bits per heavy atom. The molecule has 0 radical (unpaired) electrons. The zero-order chi connectivity index (χ0) is 15.2. The SMILES string of the molecule is NC(=O)c1cc(N2CCC(N)CC(F)(F)C2)n(C2CC2)n1. The Morgan fingerprint density at radius 3 is 2.71 bits per heavy atom. The molecule has 1 unspecified atom stereocenters. The minimum Gasteiger partial charge on any atom is -0.364 e. The third kappa shape index (κ3) is 2.99. The Balaban J connectivity index is 1.92. The lowest BCUT2D eigenvalue weighted by Crippen LogP contribution is -2.37. The van der Waals surface area contributed by atoms with Crippen molar-refractivity contribution in [3.8, 4) is 0 Å². The van der Waals surface area contributed by atoms with Crippen molar-refractivity contribution in [1.82, 2.24) is 9.78 Å². The molecule has 1 aromatic heterocycles. The molecule has 0 bridgehead atoms. The monoisotopic (exact) mass is 299 g/mol. The first-order valence-electron chi connectivity index (χ1n) is 7.13. The zero-order valence-electron chi connectivity index (χ0n) is 11.6. The quantitative estimate of drug-likeness (QED) is 0.867. The molecule has 1 amide bonds. The predicted octanol–water partition coefficient (Wildman–Crippen LogP) is 0.880. The lowest BCUT2D eigenvalue weighted by molar-refractivity contribution is -0.000580. The Labute approximate surface area is 121 Å². The average molecular weight is 299 g/mol. The number of carbonyl (C=O) groups excluding carboxylic acids is 1. The van der Waals surface area contributed by atoms with E-state index in [1.54, 1.807) is 9.58 Å². The van der Waals surface area contributed by atoms with Crippen molar-refractivity contribution < 1.29 is 13.6 Å². The van der Waals surface area contributed by atoms with Crippen molar-refractivity contribution in [3.63, 3.8) is 0 Å². The van der Waals surface area contributed by atoms with E-state index in [4.69, 9.17) is 11.5 Å². The molecular weight excluding hydrogens is 280 g/mol. The van der Waals surface area contributed by atoms with Gasteiger partial charge in [-0.15, -0.1) is 0 Å². The van der Waals surface area contributed by atoms with Crippen LogP contribution in [-0.2, 0) is 0 Å². The van der Waals surface area contributed by atoms with Gasteiger partial charge in [0.25, 0.3) is 11.8 Å². The molecule has 2 heterocycles. The first kappa shape index (κ1) is 14.2. The smallest absolute Gasteiger partial charge is 0.269 e. The van der Waals surface area contributed by atoms with Gasteiger partial charge in [0.1, 0.15) is 5.82 Å². The van der Waals surface area contributed by atoms with Gasteiger partial charge in [-0.2, -0.15) is 5.10 Å². The van der Waals surface area contributed by atoms with E-state index >= 15 is 0 Å². The predicted molar refractivity (Wildman–Crippen MR) is 73.4 cm³/mol. The summed E-state index contributed by atoms with van der Waals surface area (Å²) in [7, 11) is 0. The molecule has 1 atom stereocenters. The maximum atomic E-state index is 13.9. The number of aromatic nitrogens is 2. The highest BCUT2D eigenvalue weighted by molar-refractivity contribution is 5.91. The minimum atomic E-state index is -2.85. The van der Waals surface area contributed by atoms with Gasteiger partial charge in [-0.1, -0.05) is 0 Å². The van der Waals surface area contributed by atoms with Gasteiger partial charge in [0, 0.05) is 25.1 Å². The van der Waals surface area contributed by atoms with E-state index in [0.29, 0.717) is 18.8 Å². The van der Waals surface area contributed by atoms with Crippen LogP contribution < -0.4 is 16.4 Å². The van der Waals surface area contributed by atoms with Crippen molar-refractivity contribution in [2.75, 3.05) is 18.0 Å².